The zero-order valence-electron chi connectivity index (χ0n) is 40.8. The van der Waals surface area contributed by atoms with Crippen LogP contribution in [0.2, 0.25) is 17.3 Å². The molecular formula is C64H51GeIrN3O-2. The van der Waals surface area contributed by atoms with Crippen molar-refractivity contribution in [2.75, 3.05) is 0 Å². The van der Waals surface area contributed by atoms with Crippen LogP contribution in [0, 0.1) is 12.1 Å². The van der Waals surface area contributed by atoms with Crippen LogP contribution in [-0.2, 0) is 20.1 Å². The molecule has 0 fully saturated rings. The second-order valence-corrected chi connectivity index (χ2v) is 29.4. The van der Waals surface area contributed by atoms with E-state index >= 15 is 0 Å². The molecule has 0 N–H and O–H groups in total. The molecule has 1 radical (unpaired) electrons. The topological polar surface area (TPSA) is 43.9 Å². The van der Waals surface area contributed by atoms with Gasteiger partial charge in [0.15, 0.2) is 0 Å². The molecule has 0 aliphatic rings. The van der Waals surface area contributed by atoms with E-state index in [-0.39, 0.29) is 20.1 Å². The van der Waals surface area contributed by atoms with Gasteiger partial charge in [-0.15, -0.1) is 18.2 Å². The van der Waals surface area contributed by atoms with Gasteiger partial charge in [-0.2, -0.15) is 0 Å². The fourth-order valence-corrected chi connectivity index (χ4v) is 12.7. The Bertz CT molecular complexity index is 3820. The van der Waals surface area contributed by atoms with Crippen LogP contribution in [-0.4, -0.2) is 27.8 Å². The maximum atomic E-state index is 8.59. The summed E-state index contributed by atoms with van der Waals surface area (Å²) >= 11 is -2.09. The second-order valence-electron chi connectivity index (χ2n) is 18.9. The fraction of sp³-hybridized carbons (Fsp3) is 0.0938. The van der Waals surface area contributed by atoms with E-state index < -0.39 is 19.2 Å². The number of nitrogens with zero attached hydrogens (tertiary/aromatic N) is 3. The van der Waals surface area contributed by atoms with Crippen LogP contribution in [0.1, 0.15) is 26.7 Å². The summed E-state index contributed by atoms with van der Waals surface area (Å²) in [4.78, 5) is 9.97. The van der Waals surface area contributed by atoms with Crippen LogP contribution in [0.4, 0.5) is 0 Å². The minimum absolute atomic E-state index is 0. The first-order valence-electron chi connectivity index (χ1n) is 24.0. The number of hydrogen-bond donors (Lipinski definition) is 0. The molecule has 0 aliphatic carbocycles. The fourth-order valence-electron chi connectivity index (χ4n) is 9.35. The Balaban J connectivity index is 0.000000185. The van der Waals surface area contributed by atoms with Gasteiger partial charge in [-0.3, -0.25) is 4.98 Å². The Hall–Kier alpha value is -7.15. The van der Waals surface area contributed by atoms with Crippen molar-refractivity contribution in [3.8, 4) is 61.7 Å². The molecule has 12 aromatic rings. The third kappa shape index (κ3) is 9.21. The van der Waals surface area contributed by atoms with Gasteiger partial charge in [0.25, 0.3) is 0 Å². The minimum Gasteiger partial charge on any atom is -0.501 e. The van der Waals surface area contributed by atoms with Gasteiger partial charge >= 0.3 is 156 Å². The standard InChI is InChI=1S/C41H25N2O.C23H26GeN.Ir/c1-3-10-27(11-4-1)29-18-21-33(22-19-29)43-38-25-31-15-8-7-14-30(31)24-37(38)42-41(43)36-17-9-16-35-34-23-20-32(26-39(34)44-40(35)36)28-12-5-2-6-13-28;1-17(2)21-15-23(25-16-22(21)24(3,4)5)20-13-11-19(12-14-20)18-9-7-6-8-10-18;/h1-16,18-26H;6-13,15-17H,1-5H3;/q2*-1;/i;17D;. The summed E-state index contributed by atoms with van der Waals surface area (Å²) in [6, 6.07) is 78.5. The molecule has 3 heterocycles. The summed E-state index contributed by atoms with van der Waals surface area (Å²) in [5, 5.41) is 4.47. The number of imidazole rings is 1. The minimum atomic E-state index is -2.09. The normalized spacial score (nSPS) is 11.9. The molecule has 6 heteroatoms. The van der Waals surface area contributed by atoms with Crippen molar-refractivity contribution in [3.05, 3.63) is 230 Å². The first kappa shape index (κ1) is 45.3. The molecule has 0 aliphatic heterocycles. The monoisotopic (exact) mass is 1150 g/mol. The molecule has 0 amide bonds. The number of benzene rings is 9. The molecule has 70 heavy (non-hydrogen) atoms. The number of aromatic nitrogens is 3. The van der Waals surface area contributed by atoms with E-state index in [2.05, 4.69) is 198 Å². The van der Waals surface area contributed by atoms with Gasteiger partial charge in [0.1, 0.15) is 5.58 Å². The zero-order chi connectivity index (χ0) is 48.0. The summed E-state index contributed by atoms with van der Waals surface area (Å²) < 4.78 is 18.8. The molecule has 0 saturated carbocycles. The molecule has 0 spiro atoms. The number of rotatable bonds is 8. The van der Waals surface area contributed by atoms with E-state index in [4.69, 9.17) is 15.8 Å². The van der Waals surface area contributed by atoms with Gasteiger partial charge in [0.05, 0.1) is 22.4 Å². The first-order valence-corrected chi connectivity index (χ1v) is 30.9. The van der Waals surface area contributed by atoms with Gasteiger partial charge in [-0.1, -0.05) is 120 Å². The Labute approximate surface area is 427 Å². The Morgan fingerprint density at radius 2 is 1.17 bits per heavy atom. The largest absolute Gasteiger partial charge is 0.501 e. The molecule has 0 bridgehead atoms. The summed E-state index contributed by atoms with van der Waals surface area (Å²) in [6.45, 7) is 3.93. The van der Waals surface area contributed by atoms with Crippen LogP contribution in [0.25, 0.3) is 105 Å². The van der Waals surface area contributed by atoms with Crippen LogP contribution in [0.15, 0.2) is 217 Å². The molecular weight excluding hydrogens is 1090 g/mol. The van der Waals surface area contributed by atoms with E-state index in [1.54, 1.807) is 0 Å². The number of pyridine rings is 1. The summed E-state index contributed by atoms with van der Waals surface area (Å²) in [5.41, 5.74) is 15.4. The molecule has 0 unspecified atom stereocenters. The van der Waals surface area contributed by atoms with Crippen molar-refractivity contribution in [2.24, 2.45) is 0 Å². The average molecular weight is 1140 g/mol. The number of fused-ring (bicyclic) bond motifs is 5. The maximum absolute atomic E-state index is 8.59. The third-order valence-corrected chi connectivity index (χ3v) is 17.2. The Morgan fingerprint density at radius 3 is 1.80 bits per heavy atom. The second kappa shape index (κ2) is 19.7. The van der Waals surface area contributed by atoms with E-state index in [9.17, 15) is 0 Å². The van der Waals surface area contributed by atoms with Crippen molar-refractivity contribution in [3.63, 3.8) is 0 Å². The van der Waals surface area contributed by atoms with Crippen LogP contribution in [0.5, 0.6) is 0 Å². The predicted molar refractivity (Wildman–Crippen MR) is 292 cm³/mol. The SMILES string of the molecule is [2H]C(C)(C)c1cc(-c2[c-]cc(-c3ccccc3)cc2)nc[c]1[Ge]([CH3])([CH3])[CH3].[Ir].[c-]1ccc2c(oc3cc(-c4ccccc4)ccc32)c1-c1nc2cc3ccccc3cc2n1-c1ccc(-c2ccccc2)cc1. The van der Waals surface area contributed by atoms with Crippen LogP contribution >= 0.6 is 0 Å². The molecule has 12 rings (SSSR count). The molecule has 0 saturated heterocycles. The first-order chi connectivity index (χ1) is 34.0. The number of hydrogen-bond acceptors (Lipinski definition) is 3. The average Bonchev–Trinajstić information content (AvgIpc) is 3.96. The van der Waals surface area contributed by atoms with Crippen LogP contribution < -0.4 is 4.40 Å². The Kier molecular flexibility index (Phi) is 12.7. The molecule has 0 atom stereocenters. The third-order valence-electron chi connectivity index (χ3n) is 13.0. The summed E-state index contributed by atoms with van der Waals surface area (Å²) in [7, 11) is 0. The quantitative estimate of drug-likeness (QED) is 0.112. The van der Waals surface area contributed by atoms with Crippen molar-refractivity contribution >= 4 is 61.4 Å². The van der Waals surface area contributed by atoms with Gasteiger partial charge in [0.2, 0.25) is 0 Å². The van der Waals surface area contributed by atoms with Crippen LogP contribution in [0.3, 0.4) is 0 Å². The molecule has 3 aromatic heterocycles. The smallest absolute Gasteiger partial charge is 0.121 e. The number of furan rings is 1. The van der Waals surface area contributed by atoms with E-state index in [1.807, 2.05) is 62.5 Å². The van der Waals surface area contributed by atoms with Crippen molar-refractivity contribution in [1.82, 2.24) is 14.5 Å². The molecule has 343 valence electrons. The van der Waals surface area contributed by atoms with E-state index in [1.165, 1.54) is 26.5 Å². The van der Waals surface area contributed by atoms with Crippen molar-refractivity contribution in [2.45, 2.75) is 37.0 Å². The zero-order valence-corrected chi connectivity index (χ0v) is 44.3. The van der Waals surface area contributed by atoms with E-state index in [0.717, 1.165) is 88.9 Å². The van der Waals surface area contributed by atoms with Crippen molar-refractivity contribution in [1.29, 1.82) is 0 Å². The predicted octanol–water partition coefficient (Wildman–Crippen LogP) is 16.8. The maximum Gasteiger partial charge on any atom is 0.121 e. The van der Waals surface area contributed by atoms with Gasteiger partial charge in [0, 0.05) is 31.2 Å². The van der Waals surface area contributed by atoms with Crippen molar-refractivity contribution < 1.29 is 25.9 Å². The van der Waals surface area contributed by atoms with Gasteiger partial charge in [-0.25, -0.2) is 0 Å². The summed E-state index contributed by atoms with van der Waals surface area (Å²) in [6.07, 6.45) is 2.01. The van der Waals surface area contributed by atoms with Gasteiger partial charge < -0.3 is 8.98 Å². The Morgan fingerprint density at radius 1 is 0.586 bits per heavy atom. The summed E-state index contributed by atoms with van der Waals surface area (Å²) in [5.74, 6) is 7.23. The molecule has 9 aromatic carbocycles. The molecule has 4 nitrogen and oxygen atoms in total. The van der Waals surface area contributed by atoms with Gasteiger partial charge in [-0.05, 0) is 63.4 Å². The van der Waals surface area contributed by atoms with E-state index in [0.29, 0.717) is 0 Å².